The quantitative estimate of drug-likeness (QED) is 0.165. The minimum atomic E-state index is -0.748. The number of aromatic amines is 1. The Morgan fingerprint density at radius 3 is 2.48 bits per heavy atom. The molecule has 10 atom stereocenters. The zero-order valence-electron chi connectivity index (χ0n) is 31.4. The SMILES string of the molecule is C[C@@H](CCC(=O)OCc1ccccc1)[C@H]1CC[C@H]2[C@@H]3CC[C@@H]4C[C@H](OC(=O)CNC(=O)[C@@H](N)Cc5c[nH]c6ccccc56)CC[C@]4(C)[C@H]3CC[C@]12C. The molecule has 1 amide bonds. The molecule has 2 aromatic carbocycles. The molecule has 1 heterocycles. The van der Waals surface area contributed by atoms with Crippen molar-refractivity contribution in [1.29, 1.82) is 0 Å². The molecule has 0 saturated heterocycles. The largest absolute Gasteiger partial charge is 0.461 e. The molecule has 8 heteroatoms. The van der Waals surface area contributed by atoms with Crippen molar-refractivity contribution < 1.29 is 23.9 Å². The zero-order valence-corrected chi connectivity index (χ0v) is 31.4. The van der Waals surface area contributed by atoms with Crippen LogP contribution in [0.2, 0.25) is 0 Å². The van der Waals surface area contributed by atoms with Crippen molar-refractivity contribution in [3.63, 3.8) is 0 Å². The van der Waals surface area contributed by atoms with Gasteiger partial charge in [-0.05, 0) is 134 Å². The van der Waals surface area contributed by atoms with Crippen LogP contribution in [0.5, 0.6) is 0 Å². The molecule has 4 fully saturated rings. The lowest BCUT2D eigenvalue weighted by Gasteiger charge is -2.61. The van der Waals surface area contributed by atoms with Crippen molar-refractivity contribution >= 4 is 28.7 Å². The lowest BCUT2D eigenvalue weighted by atomic mass is 9.44. The minimum Gasteiger partial charge on any atom is -0.461 e. The number of amides is 1. The van der Waals surface area contributed by atoms with Gasteiger partial charge < -0.3 is 25.5 Å². The molecule has 0 bridgehead atoms. The summed E-state index contributed by atoms with van der Waals surface area (Å²) in [5, 5.41) is 3.78. The van der Waals surface area contributed by atoms with E-state index in [1.807, 2.05) is 60.8 Å². The molecular formula is C44H59N3O5. The molecule has 280 valence electrons. The second-order valence-corrected chi connectivity index (χ2v) is 17.3. The van der Waals surface area contributed by atoms with Crippen LogP contribution in [0.1, 0.15) is 103 Å². The summed E-state index contributed by atoms with van der Waals surface area (Å²) in [4.78, 5) is 41.5. The van der Waals surface area contributed by atoms with Gasteiger partial charge in [0.25, 0.3) is 0 Å². The van der Waals surface area contributed by atoms with E-state index in [1.165, 1.54) is 38.5 Å². The summed E-state index contributed by atoms with van der Waals surface area (Å²) in [7, 11) is 0. The Morgan fingerprint density at radius 1 is 0.904 bits per heavy atom. The molecule has 0 radical (unpaired) electrons. The summed E-state index contributed by atoms with van der Waals surface area (Å²) in [5.41, 5.74) is 9.88. The second-order valence-electron chi connectivity index (χ2n) is 17.3. The highest BCUT2D eigenvalue weighted by Crippen LogP contribution is 2.68. The molecule has 0 unspecified atom stereocenters. The van der Waals surface area contributed by atoms with Gasteiger partial charge in [0.05, 0.1) is 6.04 Å². The van der Waals surface area contributed by atoms with Crippen LogP contribution in [0.25, 0.3) is 10.9 Å². The Morgan fingerprint density at radius 2 is 1.65 bits per heavy atom. The van der Waals surface area contributed by atoms with Crippen LogP contribution in [0, 0.1) is 46.3 Å². The molecule has 52 heavy (non-hydrogen) atoms. The van der Waals surface area contributed by atoms with E-state index in [0.29, 0.717) is 42.6 Å². The van der Waals surface area contributed by atoms with E-state index < -0.39 is 6.04 Å². The first-order chi connectivity index (χ1) is 25.0. The number of aromatic nitrogens is 1. The third-order valence-corrected chi connectivity index (χ3v) is 14.6. The maximum absolute atomic E-state index is 12.9. The maximum Gasteiger partial charge on any atom is 0.325 e. The third-order valence-electron chi connectivity index (χ3n) is 14.6. The van der Waals surface area contributed by atoms with E-state index in [0.717, 1.165) is 65.5 Å². The topological polar surface area (TPSA) is 124 Å². The van der Waals surface area contributed by atoms with E-state index >= 15 is 0 Å². The molecular weight excluding hydrogens is 650 g/mol. The number of H-pyrrole nitrogens is 1. The first-order valence-corrected chi connectivity index (χ1v) is 20.0. The molecule has 8 nitrogen and oxygen atoms in total. The first kappa shape index (κ1) is 36.7. The average molecular weight is 710 g/mol. The number of nitrogens with one attached hydrogen (secondary N) is 2. The number of rotatable bonds is 12. The van der Waals surface area contributed by atoms with Crippen molar-refractivity contribution in [2.24, 2.45) is 52.1 Å². The average Bonchev–Trinajstić information content (AvgIpc) is 3.73. The van der Waals surface area contributed by atoms with Crippen LogP contribution in [0.3, 0.4) is 0 Å². The monoisotopic (exact) mass is 709 g/mol. The Balaban J connectivity index is 0.867. The Hall–Kier alpha value is -3.65. The maximum atomic E-state index is 12.9. The van der Waals surface area contributed by atoms with Gasteiger partial charge in [0.15, 0.2) is 0 Å². The highest BCUT2D eigenvalue weighted by atomic mass is 16.5. The molecule has 1 aromatic heterocycles. The number of para-hydroxylation sites is 1. The fourth-order valence-electron chi connectivity index (χ4n) is 11.8. The van der Waals surface area contributed by atoms with Gasteiger partial charge >= 0.3 is 11.9 Å². The Labute approximate surface area is 309 Å². The molecule has 4 saturated carbocycles. The Kier molecular flexibility index (Phi) is 10.8. The minimum absolute atomic E-state index is 0.0852. The van der Waals surface area contributed by atoms with Gasteiger partial charge in [0.1, 0.15) is 19.3 Å². The zero-order chi connectivity index (χ0) is 36.5. The first-order valence-electron chi connectivity index (χ1n) is 20.0. The van der Waals surface area contributed by atoms with Crippen molar-refractivity contribution in [2.45, 2.75) is 117 Å². The van der Waals surface area contributed by atoms with Crippen LogP contribution in [-0.2, 0) is 36.9 Å². The van der Waals surface area contributed by atoms with Gasteiger partial charge in [0, 0.05) is 23.5 Å². The number of esters is 2. The molecule has 0 spiro atoms. The number of carbonyl (C=O) groups excluding carboxylic acids is 3. The van der Waals surface area contributed by atoms with Crippen LogP contribution in [-0.4, -0.2) is 41.5 Å². The predicted octanol–water partition coefficient (Wildman–Crippen LogP) is 7.88. The van der Waals surface area contributed by atoms with Gasteiger partial charge in [-0.1, -0.05) is 69.3 Å². The molecule has 4 aliphatic carbocycles. The number of nitrogens with two attached hydrogens (primary N) is 1. The van der Waals surface area contributed by atoms with Gasteiger partial charge in [-0.2, -0.15) is 0 Å². The number of hydrogen-bond donors (Lipinski definition) is 3. The van der Waals surface area contributed by atoms with Gasteiger partial charge in [0.2, 0.25) is 5.91 Å². The number of hydrogen-bond acceptors (Lipinski definition) is 6. The molecule has 4 aliphatic rings. The van der Waals surface area contributed by atoms with Crippen molar-refractivity contribution in [3.8, 4) is 0 Å². The molecule has 4 N–H and O–H groups in total. The van der Waals surface area contributed by atoms with E-state index in [1.54, 1.807) is 0 Å². The fourth-order valence-corrected chi connectivity index (χ4v) is 11.8. The van der Waals surface area contributed by atoms with E-state index in [9.17, 15) is 14.4 Å². The number of ether oxygens (including phenoxy) is 2. The summed E-state index contributed by atoms with van der Waals surface area (Å²) < 4.78 is 11.6. The lowest BCUT2D eigenvalue weighted by Crippen LogP contribution is -2.54. The van der Waals surface area contributed by atoms with E-state index in [2.05, 4.69) is 31.1 Å². The van der Waals surface area contributed by atoms with Crippen LogP contribution in [0.15, 0.2) is 60.8 Å². The summed E-state index contributed by atoms with van der Waals surface area (Å²) in [5.74, 6) is 3.15. The number of fused-ring (bicyclic) bond motifs is 6. The van der Waals surface area contributed by atoms with Crippen molar-refractivity contribution in [3.05, 3.63) is 71.9 Å². The predicted molar refractivity (Wildman–Crippen MR) is 203 cm³/mol. The molecule has 3 aromatic rings. The van der Waals surface area contributed by atoms with Crippen molar-refractivity contribution in [2.75, 3.05) is 6.54 Å². The fraction of sp³-hybridized carbons (Fsp3) is 0.614. The summed E-state index contributed by atoms with van der Waals surface area (Å²) in [6.07, 6.45) is 14.1. The number of benzene rings is 2. The summed E-state index contributed by atoms with van der Waals surface area (Å²) in [6.45, 7) is 7.69. The van der Waals surface area contributed by atoms with Crippen LogP contribution < -0.4 is 11.1 Å². The van der Waals surface area contributed by atoms with Gasteiger partial charge in [-0.25, -0.2) is 0 Å². The number of carbonyl (C=O) groups is 3. The van der Waals surface area contributed by atoms with Crippen LogP contribution in [0.4, 0.5) is 0 Å². The van der Waals surface area contributed by atoms with E-state index in [-0.39, 0.29) is 35.9 Å². The summed E-state index contributed by atoms with van der Waals surface area (Å²) in [6, 6.07) is 17.1. The summed E-state index contributed by atoms with van der Waals surface area (Å²) >= 11 is 0. The highest BCUT2D eigenvalue weighted by molar-refractivity contribution is 5.88. The lowest BCUT2D eigenvalue weighted by molar-refractivity contribution is -0.162. The molecule has 7 rings (SSSR count). The van der Waals surface area contributed by atoms with Gasteiger partial charge in [-0.3, -0.25) is 14.4 Å². The van der Waals surface area contributed by atoms with Crippen molar-refractivity contribution in [1.82, 2.24) is 10.3 Å². The standard InChI is InChI=1S/C44H59N3O5/c1-28(13-18-40(48)51-27-29-9-5-4-6-10-29)35-16-17-36-34-15-14-31-24-32(19-21-43(31,2)37(34)20-22-44(35,36)3)52-41(49)26-47-42(50)38(45)23-30-25-46-39-12-8-7-11-33(30)39/h4-12,25,28,31-32,34-38,46H,13-24,26-27,45H2,1-3H3,(H,47,50)/t28-,31+,32+,34-,35+,36-,37-,38-,43-,44+/m0/s1. The van der Waals surface area contributed by atoms with Crippen LogP contribution >= 0.6 is 0 Å². The second kappa shape index (κ2) is 15.4. The smallest absolute Gasteiger partial charge is 0.325 e. The highest BCUT2D eigenvalue weighted by Gasteiger charge is 2.60. The normalized spacial score (nSPS) is 32.2. The molecule has 0 aliphatic heterocycles. The third kappa shape index (κ3) is 7.42. The van der Waals surface area contributed by atoms with E-state index in [4.69, 9.17) is 15.2 Å². The van der Waals surface area contributed by atoms with Gasteiger partial charge in [-0.15, -0.1) is 0 Å². The Bertz CT molecular complexity index is 1720.